The molecule has 0 aliphatic rings. The molecule has 1 amide bonds. The Hall–Kier alpha value is -3.15. The zero-order chi connectivity index (χ0) is 22.9. The molecule has 0 aliphatic carbocycles. The lowest BCUT2D eigenvalue weighted by Crippen LogP contribution is -2.34. The summed E-state index contributed by atoms with van der Waals surface area (Å²) in [6.45, 7) is -0.0980. The van der Waals surface area contributed by atoms with E-state index < -0.39 is 42.7 Å². The topological polar surface area (TPSA) is 86.7 Å². The fraction of sp³-hybridized carbons (Fsp3) is 0.333. The number of hydrogen-bond acceptors (Lipinski definition) is 4. The van der Waals surface area contributed by atoms with E-state index in [1.807, 2.05) is 0 Å². The van der Waals surface area contributed by atoms with E-state index in [1.54, 1.807) is 13.0 Å². The van der Waals surface area contributed by atoms with E-state index in [1.165, 1.54) is 19.2 Å². The molecule has 0 fully saturated rings. The number of alkyl halides is 3. The van der Waals surface area contributed by atoms with Crippen molar-refractivity contribution in [3.63, 3.8) is 0 Å². The van der Waals surface area contributed by atoms with E-state index in [9.17, 15) is 27.2 Å². The molecule has 2 heterocycles. The monoisotopic (exact) mass is 460 g/mol. The maximum Gasteiger partial charge on any atom is 0.408 e. The van der Waals surface area contributed by atoms with Crippen LogP contribution in [0.1, 0.15) is 18.5 Å². The molecule has 2 aromatic heterocycles. The van der Waals surface area contributed by atoms with Crippen LogP contribution in [0, 0.1) is 5.82 Å². The number of hydrogen-bond donors (Lipinski definition) is 1. The van der Waals surface area contributed by atoms with Crippen molar-refractivity contribution in [1.82, 2.24) is 29.4 Å². The average molecular weight is 461 g/mol. The highest BCUT2D eigenvalue weighted by atomic mass is 35.5. The molecular formula is C18H17ClF4N6O2. The molecule has 3 rings (SSSR count). The van der Waals surface area contributed by atoms with Crippen LogP contribution >= 0.6 is 11.6 Å². The number of carbonyl (C=O) groups is 1. The highest BCUT2D eigenvalue weighted by Crippen LogP contribution is 2.21. The zero-order valence-corrected chi connectivity index (χ0v) is 17.1. The van der Waals surface area contributed by atoms with Gasteiger partial charge >= 0.3 is 11.9 Å². The van der Waals surface area contributed by atoms with Gasteiger partial charge in [0.1, 0.15) is 18.9 Å². The molecule has 166 valence electrons. The Labute approximate surface area is 178 Å². The van der Waals surface area contributed by atoms with Crippen molar-refractivity contribution >= 4 is 17.5 Å². The van der Waals surface area contributed by atoms with Crippen LogP contribution in [-0.2, 0) is 24.9 Å². The first kappa shape index (κ1) is 22.5. The van der Waals surface area contributed by atoms with Gasteiger partial charge in [-0.3, -0.25) is 14.0 Å². The number of rotatable bonds is 6. The molecule has 0 saturated heterocycles. The normalized spacial score (nSPS) is 12.7. The summed E-state index contributed by atoms with van der Waals surface area (Å²) >= 11 is 5.64. The van der Waals surface area contributed by atoms with Gasteiger partial charge in [0.2, 0.25) is 5.91 Å². The van der Waals surface area contributed by atoms with Crippen LogP contribution in [0.25, 0.3) is 11.4 Å². The predicted molar refractivity (Wildman–Crippen MR) is 103 cm³/mol. The van der Waals surface area contributed by atoms with E-state index in [0.29, 0.717) is 10.2 Å². The number of benzene rings is 1. The van der Waals surface area contributed by atoms with Gasteiger partial charge in [-0.15, -0.1) is 5.10 Å². The molecule has 1 aromatic carbocycles. The maximum atomic E-state index is 13.6. The van der Waals surface area contributed by atoms with Crippen LogP contribution in [-0.4, -0.2) is 36.2 Å². The molecule has 31 heavy (non-hydrogen) atoms. The van der Waals surface area contributed by atoms with E-state index in [0.717, 1.165) is 21.6 Å². The van der Waals surface area contributed by atoms with Crippen LogP contribution in [0.4, 0.5) is 17.6 Å². The first-order chi connectivity index (χ1) is 14.4. The minimum Gasteiger partial charge on any atom is -0.348 e. The molecule has 1 N–H and O–H groups in total. The number of aromatic nitrogens is 5. The second kappa shape index (κ2) is 8.53. The average Bonchev–Trinajstić information content (AvgIpc) is 3.22. The molecule has 0 radical (unpaired) electrons. The van der Waals surface area contributed by atoms with Crippen molar-refractivity contribution in [2.45, 2.75) is 32.2 Å². The summed E-state index contributed by atoms with van der Waals surface area (Å²) in [5.74, 6) is -1.14. The zero-order valence-electron chi connectivity index (χ0n) is 16.3. The lowest BCUT2D eigenvalue weighted by atomic mass is 10.1. The van der Waals surface area contributed by atoms with Gasteiger partial charge in [0.25, 0.3) is 0 Å². The Morgan fingerprint density at radius 3 is 2.68 bits per heavy atom. The lowest BCUT2D eigenvalue weighted by Gasteiger charge is -2.14. The summed E-state index contributed by atoms with van der Waals surface area (Å²) in [7, 11) is 1.37. The Balaban J connectivity index is 1.73. The van der Waals surface area contributed by atoms with Gasteiger partial charge in [-0.25, -0.2) is 13.9 Å². The van der Waals surface area contributed by atoms with Crippen molar-refractivity contribution in [2.24, 2.45) is 7.05 Å². The van der Waals surface area contributed by atoms with E-state index in [-0.39, 0.29) is 16.4 Å². The highest BCUT2D eigenvalue weighted by molar-refractivity contribution is 6.30. The van der Waals surface area contributed by atoms with Crippen LogP contribution < -0.4 is 11.0 Å². The fourth-order valence-corrected chi connectivity index (χ4v) is 3.00. The Bertz CT molecular complexity index is 1170. The third kappa shape index (κ3) is 5.32. The Morgan fingerprint density at radius 2 is 2.03 bits per heavy atom. The SMILES string of the molecule is C[C@H](NC(=O)Cn1nc(-c2cnn(CC(F)(F)F)c2)n(C)c1=O)c1ccc(Cl)c(F)c1. The Kier molecular flexibility index (Phi) is 6.20. The van der Waals surface area contributed by atoms with Crippen molar-refractivity contribution in [1.29, 1.82) is 0 Å². The molecule has 0 spiro atoms. The molecular weight excluding hydrogens is 444 g/mol. The summed E-state index contributed by atoms with van der Waals surface area (Å²) in [5.41, 5.74) is 0.0216. The number of amides is 1. The molecule has 0 saturated carbocycles. The molecule has 0 unspecified atom stereocenters. The van der Waals surface area contributed by atoms with Crippen molar-refractivity contribution < 1.29 is 22.4 Å². The van der Waals surface area contributed by atoms with E-state index in [2.05, 4.69) is 15.5 Å². The van der Waals surface area contributed by atoms with Crippen LogP contribution in [0.5, 0.6) is 0 Å². The number of nitrogens with zero attached hydrogens (tertiary/aromatic N) is 5. The van der Waals surface area contributed by atoms with Crippen molar-refractivity contribution in [2.75, 3.05) is 0 Å². The fourth-order valence-electron chi connectivity index (χ4n) is 2.88. The largest absolute Gasteiger partial charge is 0.408 e. The Morgan fingerprint density at radius 1 is 1.32 bits per heavy atom. The summed E-state index contributed by atoms with van der Waals surface area (Å²) in [5, 5.41) is 10.2. The molecule has 1 atom stereocenters. The van der Waals surface area contributed by atoms with Crippen LogP contribution in [0.15, 0.2) is 35.4 Å². The lowest BCUT2D eigenvalue weighted by molar-refractivity contribution is -0.142. The number of nitrogens with one attached hydrogen (secondary N) is 1. The molecule has 3 aromatic rings. The van der Waals surface area contributed by atoms with Crippen molar-refractivity contribution in [3.05, 3.63) is 57.5 Å². The van der Waals surface area contributed by atoms with Crippen LogP contribution in [0.2, 0.25) is 5.02 Å². The molecule has 8 nitrogen and oxygen atoms in total. The van der Waals surface area contributed by atoms with Gasteiger partial charge in [-0.1, -0.05) is 17.7 Å². The number of halogens is 5. The minimum absolute atomic E-state index is 0.0478. The standard InChI is InChI=1S/C18H17ClF4N6O2/c1-10(11-3-4-13(19)14(20)5-11)25-15(30)8-29-17(31)27(2)16(26-29)12-6-24-28(7-12)9-18(21,22)23/h3-7,10H,8-9H2,1-2H3,(H,25,30)/t10-/m0/s1. The first-order valence-corrected chi connectivity index (χ1v) is 9.30. The third-order valence-corrected chi connectivity index (χ3v) is 4.69. The quantitative estimate of drug-likeness (QED) is 0.573. The highest BCUT2D eigenvalue weighted by Gasteiger charge is 2.28. The van der Waals surface area contributed by atoms with Gasteiger partial charge in [-0.05, 0) is 24.6 Å². The van der Waals surface area contributed by atoms with Gasteiger partial charge < -0.3 is 5.32 Å². The third-order valence-electron chi connectivity index (χ3n) is 4.39. The molecule has 13 heteroatoms. The summed E-state index contributed by atoms with van der Waals surface area (Å²) in [6.07, 6.45) is -2.19. The van der Waals surface area contributed by atoms with Gasteiger partial charge in [0, 0.05) is 13.2 Å². The minimum atomic E-state index is -4.45. The van der Waals surface area contributed by atoms with Crippen molar-refractivity contribution in [3.8, 4) is 11.4 Å². The predicted octanol–water partition coefficient (Wildman–Crippen LogP) is 2.68. The second-order valence-electron chi connectivity index (χ2n) is 6.83. The molecule has 0 bridgehead atoms. The number of carbonyl (C=O) groups excluding carboxylic acids is 1. The second-order valence-corrected chi connectivity index (χ2v) is 7.23. The smallest absolute Gasteiger partial charge is 0.348 e. The van der Waals surface area contributed by atoms with Crippen LogP contribution in [0.3, 0.4) is 0 Å². The summed E-state index contributed by atoms with van der Waals surface area (Å²) < 4.78 is 53.8. The summed E-state index contributed by atoms with van der Waals surface area (Å²) in [6, 6.07) is 3.54. The van der Waals surface area contributed by atoms with E-state index >= 15 is 0 Å². The summed E-state index contributed by atoms with van der Waals surface area (Å²) in [4.78, 5) is 24.7. The van der Waals surface area contributed by atoms with Gasteiger partial charge in [-0.2, -0.15) is 18.3 Å². The maximum absolute atomic E-state index is 13.6. The first-order valence-electron chi connectivity index (χ1n) is 8.92. The molecule has 0 aliphatic heterocycles. The van der Waals surface area contributed by atoms with E-state index in [4.69, 9.17) is 11.6 Å². The van der Waals surface area contributed by atoms with Gasteiger partial charge in [0.05, 0.1) is 22.8 Å². The van der Waals surface area contributed by atoms with Gasteiger partial charge in [0.15, 0.2) is 5.82 Å².